The molecule has 0 fully saturated rings. The van der Waals surface area contributed by atoms with Crippen LogP contribution in [0.5, 0.6) is 0 Å². The smallest absolute Gasteiger partial charge is 0.250 e. The van der Waals surface area contributed by atoms with Gasteiger partial charge in [0, 0.05) is 41.9 Å². The van der Waals surface area contributed by atoms with Gasteiger partial charge in [0.15, 0.2) is 0 Å². The van der Waals surface area contributed by atoms with E-state index in [-0.39, 0.29) is 17.9 Å². The van der Waals surface area contributed by atoms with Crippen LogP contribution in [0.2, 0.25) is 0 Å². The van der Waals surface area contributed by atoms with Crippen molar-refractivity contribution in [3.8, 4) is 11.1 Å². The molecule has 0 spiro atoms. The van der Waals surface area contributed by atoms with Crippen molar-refractivity contribution in [3.63, 3.8) is 0 Å². The second-order valence-corrected chi connectivity index (χ2v) is 6.68. The van der Waals surface area contributed by atoms with Gasteiger partial charge < -0.3 is 9.88 Å². The Morgan fingerprint density at radius 3 is 2.82 bits per heavy atom. The van der Waals surface area contributed by atoms with Crippen LogP contribution in [-0.2, 0) is 24.0 Å². The summed E-state index contributed by atoms with van der Waals surface area (Å²) in [5.74, 6) is 1.93. The number of rotatable bonds is 3. The van der Waals surface area contributed by atoms with Crippen LogP contribution in [0.15, 0.2) is 35.3 Å². The monoisotopic (exact) mass is 314 g/mol. The molecule has 114 valence electrons. The van der Waals surface area contributed by atoms with E-state index >= 15 is 0 Å². The molecule has 1 amide bonds. The summed E-state index contributed by atoms with van der Waals surface area (Å²) in [6, 6.07) is 7.69. The maximum atomic E-state index is 12.0. The third-order valence-corrected chi connectivity index (χ3v) is 4.73. The Morgan fingerprint density at radius 2 is 2.05 bits per heavy atom. The van der Waals surface area contributed by atoms with Gasteiger partial charge in [0.1, 0.15) is 0 Å². The van der Waals surface area contributed by atoms with Crippen molar-refractivity contribution in [1.82, 2.24) is 4.57 Å². The molecule has 0 unspecified atom stereocenters. The number of pyridine rings is 1. The number of amides is 1. The standard InChI is InChI=1S/C17H18N2O2S/c1-3-22-10-11-4-5-15-13(6-11)14-9-19(2)17(21)8-12(14)7-16(20)18-15/h4-6,8-9H,3,7,10H2,1-2H3,(H,18,20). The highest BCUT2D eigenvalue weighted by Crippen LogP contribution is 2.34. The number of aryl methyl sites for hydroxylation is 1. The van der Waals surface area contributed by atoms with E-state index in [1.807, 2.05) is 24.0 Å². The number of carbonyl (C=O) groups excluding carboxylic acids is 1. The van der Waals surface area contributed by atoms with Gasteiger partial charge in [-0.1, -0.05) is 13.0 Å². The fraction of sp³-hybridized carbons (Fsp3) is 0.294. The molecule has 1 aromatic carbocycles. The molecule has 22 heavy (non-hydrogen) atoms. The Balaban J connectivity index is 2.17. The van der Waals surface area contributed by atoms with Crippen molar-refractivity contribution >= 4 is 23.4 Å². The van der Waals surface area contributed by atoms with E-state index < -0.39 is 0 Å². The van der Waals surface area contributed by atoms with Crippen LogP contribution in [0.4, 0.5) is 5.69 Å². The molecule has 2 aromatic rings. The lowest BCUT2D eigenvalue weighted by atomic mass is 9.98. The van der Waals surface area contributed by atoms with Gasteiger partial charge >= 0.3 is 0 Å². The van der Waals surface area contributed by atoms with E-state index in [0.29, 0.717) is 0 Å². The number of anilines is 1. The lowest BCUT2D eigenvalue weighted by Crippen LogP contribution is -2.18. The predicted octanol–water partition coefficient (Wildman–Crippen LogP) is 2.80. The van der Waals surface area contributed by atoms with Crippen molar-refractivity contribution in [1.29, 1.82) is 0 Å². The zero-order chi connectivity index (χ0) is 15.7. The van der Waals surface area contributed by atoms with Gasteiger partial charge in [0.05, 0.1) is 6.42 Å². The quantitative estimate of drug-likeness (QED) is 0.948. The Bertz CT molecular complexity index is 796. The van der Waals surface area contributed by atoms with E-state index in [9.17, 15) is 9.59 Å². The zero-order valence-electron chi connectivity index (χ0n) is 12.7. The van der Waals surface area contributed by atoms with Crippen LogP contribution in [-0.4, -0.2) is 16.2 Å². The lowest BCUT2D eigenvalue weighted by Gasteiger charge is -2.12. The molecule has 0 saturated carbocycles. The summed E-state index contributed by atoms with van der Waals surface area (Å²) in [6.07, 6.45) is 2.06. The van der Waals surface area contributed by atoms with Crippen molar-refractivity contribution in [2.45, 2.75) is 19.1 Å². The Hall–Kier alpha value is -2.01. The van der Waals surface area contributed by atoms with E-state index in [1.54, 1.807) is 17.7 Å². The minimum absolute atomic E-state index is 0.0797. The van der Waals surface area contributed by atoms with Gasteiger partial charge in [-0.25, -0.2) is 0 Å². The van der Waals surface area contributed by atoms with Gasteiger partial charge in [0.2, 0.25) is 5.91 Å². The number of fused-ring (bicyclic) bond motifs is 3. The summed E-state index contributed by atoms with van der Waals surface area (Å²) in [6.45, 7) is 2.14. The highest BCUT2D eigenvalue weighted by atomic mass is 32.2. The summed E-state index contributed by atoms with van der Waals surface area (Å²) in [7, 11) is 1.74. The molecule has 1 aliphatic heterocycles. The third kappa shape index (κ3) is 2.81. The number of benzene rings is 1. The molecular weight excluding hydrogens is 296 g/mol. The van der Waals surface area contributed by atoms with Gasteiger partial charge in [-0.05, 0) is 29.0 Å². The fourth-order valence-corrected chi connectivity index (χ4v) is 3.28. The molecule has 1 aliphatic rings. The highest BCUT2D eigenvalue weighted by molar-refractivity contribution is 7.98. The highest BCUT2D eigenvalue weighted by Gasteiger charge is 2.20. The second kappa shape index (κ2) is 6.01. The average Bonchev–Trinajstić information content (AvgIpc) is 2.61. The topological polar surface area (TPSA) is 51.1 Å². The molecule has 1 N–H and O–H groups in total. The van der Waals surface area contributed by atoms with Crippen molar-refractivity contribution in [2.24, 2.45) is 7.05 Å². The lowest BCUT2D eigenvalue weighted by molar-refractivity contribution is -0.115. The molecule has 3 rings (SSSR count). The number of hydrogen-bond acceptors (Lipinski definition) is 3. The summed E-state index contributed by atoms with van der Waals surface area (Å²) in [5, 5.41) is 2.93. The van der Waals surface area contributed by atoms with Crippen LogP contribution >= 0.6 is 11.8 Å². The fourth-order valence-electron chi connectivity index (χ4n) is 2.66. The first-order valence-electron chi connectivity index (χ1n) is 7.29. The zero-order valence-corrected chi connectivity index (χ0v) is 13.5. The van der Waals surface area contributed by atoms with Crippen molar-refractivity contribution < 1.29 is 4.79 Å². The summed E-state index contributed by atoms with van der Waals surface area (Å²) >= 11 is 1.86. The first kappa shape index (κ1) is 14.9. The third-order valence-electron chi connectivity index (χ3n) is 3.79. The molecule has 1 aromatic heterocycles. The van der Waals surface area contributed by atoms with E-state index in [4.69, 9.17) is 0 Å². The van der Waals surface area contributed by atoms with Crippen LogP contribution < -0.4 is 10.9 Å². The van der Waals surface area contributed by atoms with Crippen molar-refractivity contribution in [3.05, 3.63) is 51.9 Å². The van der Waals surface area contributed by atoms with E-state index in [2.05, 4.69) is 24.4 Å². The molecule has 0 aliphatic carbocycles. The second-order valence-electron chi connectivity index (χ2n) is 5.40. The molecule has 4 nitrogen and oxygen atoms in total. The maximum Gasteiger partial charge on any atom is 0.250 e. The minimum atomic E-state index is -0.0901. The number of nitrogens with zero attached hydrogens (tertiary/aromatic N) is 1. The van der Waals surface area contributed by atoms with Crippen molar-refractivity contribution in [2.75, 3.05) is 11.1 Å². The molecule has 0 bridgehead atoms. The van der Waals surface area contributed by atoms with Gasteiger partial charge in [0.25, 0.3) is 5.56 Å². The van der Waals surface area contributed by atoms with Gasteiger partial charge in [-0.15, -0.1) is 0 Å². The molecule has 0 saturated heterocycles. The summed E-state index contributed by atoms with van der Waals surface area (Å²) in [5.41, 5.74) is 4.69. The first-order valence-corrected chi connectivity index (χ1v) is 8.44. The number of hydrogen-bond donors (Lipinski definition) is 1. The Kier molecular flexibility index (Phi) is 4.07. The normalized spacial score (nSPS) is 13.1. The molecule has 0 atom stereocenters. The van der Waals surface area contributed by atoms with E-state index in [1.165, 1.54) is 5.56 Å². The van der Waals surface area contributed by atoms with Crippen LogP contribution in [0.25, 0.3) is 11.1 Å². The number of carbonyl (C=O) groups is 1. The first-order chi connectivity index (χ1) is 10.6. The largest absolute Gasteiger partial charge is 0.325 e. The number of thioether (sulfide) groups is 1. The predicted molar refractivity (Wildman–Crippen MR) is 91.3 cm³/mol. The van der Waals surface area contributed by atoms with E-state index in [0.717, 1.165) is 33.9 Å². The molecule has 0 radical (unpaired) electrons. The average molecular weight is 314 g/mol. The molecular formula is C17H18N2O2S. The number of nitrogens with one attached hydrogen (secondary N) is 1. The summed E-state index contributed by atoms with van der Waals surface area (Å²) in [4.78, 5) is 23.9. The maximum absolute atomic E-state index is 12.0. The van der Waals surface area contributed by atoms with Crippen LogP contribution in [0.1, 0.15) is 18.1 Å². The van der Waals surface area contributed by atoms with Gasteiger partial charge in [-0.3, -0.25) is 9.59 Å². The van der Waals surface area contributed by atoms with Crippen LogP contribution in [0, 0.1) is 0 Å². The Labute approximate surface area is 133 Å². The van der Waals surface area contributed by atoms with Gasteiger partial charge in [-0.2, -0.15) is 11.8 Å². The SMILES string of the molecule is CCSCc1ccc2c(c1)-c1cn(C)c(=O)cc1CC(=O)N2. The minimum Gasteiger partial charge on any atom is -0.325 e. The molecule has 5 heteroatoms. The number of aromatic nitrogens is 1. The summed E-state index contributed by atoms with van der Waals surface area (Å²) < 4.78 is 1.56. The Morgan fingerprint density at radius 1 is 1.23 bits per heavy atom. The van der Waals surface area contributed by atoms with Crippen LogP contribution in [0.3, 0.4) is 0 Å². The molecule has 2 heterocycles.